The first-order valence-electron chi connectivity index (χ1n) is 9.36. The Hall–Kier alpha value is -3.15. The molecule has 0 unspecified atom stereocenters. The predicted octanol–water partition coefficient (Wildman–Crippen LogP) is 3.70. The molecule has 6 heteroatoms. The molecule has 1 amide bonds. The maximum absolute atomic E-state index is 13.0. The molecule has 0 saturated carbocycles. The number of hydrogen-bond acceptors (Lipinski definition) is 3. The van der Waals surface area contributed by atoms with Crippen LogP contribution in [0.1, 0.15) is 35.1 Å². The van der Waals surface area contributed by atoms with Crippen molar-refractivity contribution in [2.45, 2.75) is 25.8 Å². The van der Waals surface area contributed by atoms with Crippen molar-refractivity contribution >= 4 is 27.8 Å². The van der Waals surface area contributed by atoms with Crippen LogP contribution in [0, 0.1) is 6.92 Å². The van der Waals surface area contributed by atoms with Crippen molar-refractivity contribution < 1.29 is 4.79 Å². The number of carbonyl (C=O) groups is 1. The van der Waals surface area contributed by atoms with Gasteiger partial charge in [0, 0.05) is 42.4 Å². The monoisotopic (exact) mass is 359 g/mol. The molecule has 1 N–H and O–H groups in total. The Bertz CT molecular complexity index is 1130. The standard InChI is InChI=1S/C21H21N5O/c1-14-24-19-13-22-9-6-20(19)26(14)15-7-10-25(11-8-15)21(27)17-12-23-18-5-3-2-4-16(17)18/h2-6,9,12-13,15,23H,7-8,10-11H2,1H3. The Morgan fingerprint density at radius 3 is 2.85 bits per heavy atom. The van der Waals surface area contributed by atoms with E-state index >= 15 is 0 Å². The Morgan fingerprint density at radius 1 is 1.19 bits per heavy atom. The Balaban J connectivity index is 1.37. The van der Waals surface area contributed by atoms with Gasteiger partial charge in [-0.15, -0.1) is 0 Å². The molecule has 5 rings (SSSR count). The first-order chi connectivity index (χ1) is 13.2. The topological polar surface area (TPSA) is 66.8 Å². The summed E-state index contributed by atoms with van der Waals surface area (Å²) in [5.41, 5.74) is 3.83. The lowest BCUT2D eigenvalue weighted by molar-refractivity contribution is 0.0697. The van der Waals surface area contributed by atoms with E-state index in [0.29, 0.717) is 6.04 Å². The molecule has 0 atom stereocenters. The highest BCUT2D eigenvalue weighted by molar-refractivity contribution is 6.06. The quantitative estimate of drug-likeness (QED) is 0.593. The van der Waals surface area contributed by atoms with E-state index in [2.05, 4.69) is 19.5 Å². The van der Waals surface area contributed by atoms with Gasteiger partial charge >= 0.3 is 0 Å². The van der Waals surface area contributed by atoms with Crippen LogP contribution in [0.2, 0.25) is 0 Å². The minimum Gasteiger partial charge on any atom is -0.360 e. The third-order valence-electron chi connectivity index (χ3n) is 5.60. The average molecular weight is 359 g/mol. The Labute approximate surface area is 156 Å². The number of hydrogen-bond donors (Lipinski definition) is 1. The van der Waals surface area contributed by atoms with Gasteiger partial charge in [-0.25, -0.2) is 4.98 Å². The number of carbonyl (C=O) groups excluding carboxylic acids is 1. The molecule has 1 aliphatic rings. The van der Waals surface area contributed by atoms with Gasteiger partial charge in [-0.1, -0.05) is 18.2 Å². The SMILES string of the molecule is Cc1nc2cnccc2n1C1CCN(C(=O)c2c[nH]c3ccccc23)CC1. The van der Waals surface area contributed by atoms with Crippen LogP contribution in [0.15, 0.2) is 48.9 Å². The summed E-state index contributed by atoms with van der Waals surface area (Å²) < 4.78 is 2.31. The van der Waals surface area contributed by atoms with E-state index in [9.17, 15) is 4.79 Å². The number of nitrogens with zero attached hydrogens (tertiary/aromatic N) is 4. The number of benzene rings is 1. The summed E-state index contributed by atoms with van der Waals surface area (Å²) in [6.07, 6.45) is 7.33. The molecule has 136 valence electrons. The minimum atomic E-state index is 0.113. The maximum Gasteiger partial charge on any atom is 0.256 e. The maximum atomic E-state index is 13.0. The van der Waals surface area contributed by atoms with E-state index in [1.54, 1.807) is 0 Å². The molecule has 6 nitrogen and oxygen atoms in total. The van der Waals surface area contributed by atoms with Crippen LogP contribution >= 0.6 is 0 Å². The molecule has 0 radical (unpaired) electrons. The van der Waals surface area contributed by atoms with Gasteiger partial charge in [0.05, 0.1) is 17.3 Å². The van der Waals surface area contributed by atoms with E-state index in [0.717, 1.165) is 59.3 Å². The van der Waals surface area contributed by atoms with Crippen molar-refractivity contribution in [2.75, 3.05) is 13.1 Å². The molecule has 4 aromatic rings. The van der Waals surface area contributed by atoms with E-state index in [1.165, 1.54) is 0 Å². The van der Waals surface area contributed by atoms with Crippen molar-refractivity contribution in [1.82, 2.24) is 24.4 Å². The number of imidazole rings is 1. The van der Waals surface area contributed by atoms with Gasteiger partial charge in [0.15, 0.2) is 0 Å². The summed E-state index contributed by atoms with van der Waals surface area (Å²) in [5, 5.41) is 0.994. The summed E-state index contributed by atoms with van der Waals surface area (Å²) in [6.45, 7) is 3.56. The first-order valence-corrected chi connectivity index (χ1v) is 9.36. The number of aryl methyl sites for hydroxylation is 1. The van der Waals surface area contributed by atoms with Crippen LogP contribution in [0.3, 0.4) is 0 Å². The molecule has 0 bridgehead atoms. The van der Waals surface area contributed by atoms with Crippen molar-refractivity contribution in [3.05, 3.63) is 60.3 Å². The molecule has 3 aromatic heterocycles. The highest BCUT2D eigenvalue weighted by Crippen LogP contribution is 2.29. The number of nitrogens with one attached hydrogen (secondary N) is 1. The number of aromatic nitrogens is 4. The fourth-order valence-electron chi connectivity index (χ4n) is 4.28. The van der Waals surface area contributed by atoms with Gasteiger partial charge in [-0.3, -0.25) is 9.78 Å². The summed E-state index contributed by atoms with van der Waals surface area (Å²) in [6, 6.07) is 10.3. The summed E-state index contributed by atoms with van der Waals surface area (Å²) in [7, 11) is 0. The summed E-state index contributed by atoms with van der Waals surface area (Å²) in [5.74, 6) is 1.13. The number of pyridine rings is 1. The highest BCUT2D eigenvalue weighted by Gasteiger charge is 2.27. The molecule has 0 aliphatic carbocycles. The Kier molecular flexibility index (Phi) is 3.70. The smallest absolute Gasteiger partial charge is 0.256 e. The molecule has 1 saturated heterocycles. The Morgan fingerprint density at radius 2 is 2.00 bits per heavy atom. The lowest BCUT2D eigenvalue weighted by atomic mass is 10.0. The number of rotatable bonds is 2. The molecule has 1 fully saturated rings. The van der Waals surface area contributed by atoms with Crippen LogP contribution in [0.5, 0.6) is 0 Å². The third-order valence-corrected chi connectivity index (χ3v) is 5.60. The molecular formula is C21H21N5O. The third kappa shape index (κ3) is 2.60. The van der Waals surface area contributed by atoms with E-state index in [1.807, 2.05) is 60.7 Å². The highest BCUT2D eigenvalue weighted by atomic mass is 16.2. The minimum absolute atomic E-state index is 0.113. The van der Waals surface area contributed by atoms with E-state index in [4.69, 9.17) is 0 Å². The van der Waals surface area contributed by atoms with Gasteiger partial charge in [0.2, 0.25) is 0 Å². The first kappa shape index (κ1) is 16.1. The van der Waals surface area contributed by atoms with E-state index < -0.39 is 0 Å². The number of likely N-dealkylation sites (tertiary alicyclic amines) is 1. The van der Waals surface area contributed by atoms with Gasteiger partial charge < -0.3 is 14.5 Å². The van der Waals surface area contributed by atoms with Crippen LogP contribution in [-0.2, 0) is 0 Å². The normalized spacial score (nSPS) is 15.7. The van der Waals surface area contributed by atoms with Gasteiger partial charge in [-0.05, 0) is 31.9 Å². The van der Waals surface area contributed by atoms with Crippen LogP contribution in [0.25, 0.3) is 21.9 Å². The second-order valence-electron chi connectivity index (χ2n) is 7.16. The van der Waals surface area contributed by atoms with Crippen molar-refractivity contribution in [2.24, 2.45) is 0 Å². The van der Waals surface area contributed by atoms with Crippen molar-refractivity contribution in [3.63, 3.8) is 0 Å². The molecule has 27 heavy (non-hydrogen) atoms. The number of aromatic amines is 1. The number of amides is 1. The van der Waals surface area contributed by atoms with E-state index in [-0.39, 0.29) is 5.91 Å². The zero-order valence-corrected chi connectivity index (χ0v) is 15.2. The average Bonchev–Trinajstić information content (AvgIpc) is 3.28. The second kappa shape index (κ2) is 6.23. The van der Waals surface area contributed by atoms with Crippen LogP contribution < -0.4 is 0 Å². The second-order valence-corrected chi connectivity index (χ2v) is 7.16. The summed E-state index contributed by atoms with van der Waals surface area (Å²) >= 11 is 0. The largest absolute Gasteiger partial charge is 0.360 e. The van der Waals surface area contributed by atoms with Crippen molar-refractivity contribution in [1.29, 1.82) is 0 Å². The number of piperidine rings is 1. The predicted molar refractivity (Wildman–Crippen MR) is 105 cm³/mol. The van der Waals surface area contributed by atoms with Crippen molar-refractivity contribution in [3.8, 4) is 0 Å². The molecular weight excluding hydrogens is 338 g/mol. The fourth-order valence-corrected chi connectivity index (χ4v) is 4.28. The number of fused-ring (bicyclic) bond motifs is 2. The molecule has 1 aromatic carbocycles. The zero-order valence-electron chi connectivity index (χ0n) is 15.2. The van der Waals surface area contributed by atoms with Gasteiger partial charge in [-0.2, -0.15) is 0 Å². The van der Waals surface area contributed by atoms with Gasteiger partial charge in [0.25, 0.3) is 5.91 Å². The van der Waals surface area contributed by atoms with Crippen LogP contribution in [0.4, 0.5) is 0 Å². The lowest BCUT2D eigenvalue weighted by Gasteiger charge is -2.33. The zero-order chi connectivity index (χ0) is 18.4. The van der Waals surface area contributed by atoms with Gasteiger partial charge in [0.1, 0.15) is 11.3 Å². The number of H-pyrrole nitrogens is 1. The molecule has 1 aliphatic heterocycles. The fraction of sp³-hybridized carbons (Fsp3) is 0.286. The molecule has 4 heterocycles. The lowest BCUT2D eigenvalue weighted by Crippen LogP contribution is -2.39. The summed E-state index contributed by atoms with van der Waals surface area (Å²) in [4.78, 5) is 27.0. The van der Waals surface area contributed by atoms with Crippen LogP contribution in [-0.4, -0.2) is 43.4 Å². The number of para-hydroxylation sites is 1. The molecule has 0 spiro atoms.